The molecule has 1 heterocycles. The van der Waals surface area contributed by atoms with E-state index in [-0.39, 0.29) is 6.04 Å². The minimum atomic E-state index is -0.652. The van der Waals surface area contributed by atoms with Crippen molar-refractivity contribution in [1.29, 1.82) is 0 Å². The predicted octanol–water partition coefficient (Wildman–Crippen LogP) is 0.238. The average molecular weight is 155 g/mol. The highest BCUT2D eigenvalue weighted by molar-refractivity contribution is 5.76. The van der Waals surface area contributed by atoms with Crippen LogP contribution in [-0.2, 0) is 9.53 Å². The van der Waals surface area contributed by atoms with Crippen molar-refractivity contribution in [2.75, 3.05) is 0 Å². The number of amides is 1. The minimum Gasteiger partial charge on any atom is -0.436 e. The number of nitrogens with one attached hydrogen (secondary N) is 1. The highest BCUT2D eigenvalue weighted by Crippen LogP contribution is 2.09. The van der Waals surface area contributed by atoms with Gasteiger partial charge in [-0.3, -0.25) is 4.79 Å². The van der Waals surface area contributed by atoms with Crippen LogP contribution in [0.2, 0.25) is 0 Å². The third-order valence-electron chi connectivity index (χ3n) is 1.50. The summed E-state index contributed by atoms with van der Waals surface area (Å²) in [7, 11) is 0. The van der Waals surface area contributed by atoms with Crippen molar-refractivity contribution in [1.82, 2.24) is 5.32 Å². The molecule has 0 aromatic rings. The molecule has 1 rings (SSSR count). The zero-order chi connectivity index (χ0) is 8.27. The standard InChI is InChI=1S/C7H9NO3/c1-2-3-5-6(4-9)11-7(10)8-5/h2,4-6H,1,3H2,(H,8,10). The van der Waals surface area contributed by atoms with Crippen LogP contribution in [0.25, 0.3) is 0 Å². The Bertz CT molecular complexity index is 190. The topological polar surface area (TPSA) is 55.4 Å². The van der Waals surface area contributed by atoms with Gasteiger partial charge < -0.3 is 10.1 Å². The lowest BCUT2D eigenvalue weighted by molar-refractivity contribution is -0.114. The van der Waals surface area contributed by atoms with Gasteiger partial charge in [-0.1, -0.05) is 6.08 Å². The highest BCUT2D eigenvalue weighted by atomic mass is 16.6. The van der Waals surface area contributed by atoms with Crippen LogP contribution in [-0.4, -0.2) is 24.5 Å². The molecule has 2 unspecified atom stereocenters. The number of carbonyl (C=O) groups is 2. The van der Waals surface area contributed by atoms with E-state index < -0.39 is 12.2 Å². The number of cyclic esters (lactones) is 1. The number of rotatable bonds is 3. The molecule has 0 aliphatic carbocycles. The van der Waals surface area contributed by atoms with E-state index in [0.717, 1.165) is 0 Å². The quantitative estimate of drug-likeness (QED) is 0.469. The largest absolute Gasteiger partial charge is 0.436 e. The Balaban J connectivity index is 2.56. The maximum atomic E-state index is 10.6. The minimum absolute atomic E-state index is 0.238. The van der Waals surface area contributed by atoms with E-state index in [2.05, 4.69) is 16.6 Å². The van der Waals surface area contributed by atoms with Gasteiger partial charge in [0.1, 0.15) is 0 Å². The lowest BCUT2D eigenvalue weighted by Gasteiger charge is -2.06. The van der Waals surface area contributed by atoms with E-state index in [1.807, 2.05) is 0 Å². The second-order valence-electron chi connectivity index (χ2n) is 2.28. The zero-order valence-corrected chi connectivity index (χ0v) is 5.95. The van der Waals surface area contributed by atoms with Gasteiger partial charge in [-0.15, -0.1) is 6.58 Å². The first-order chi connectivity index (χ1) is 5.27. The van der Waals surface area contributed by atoms with E-state index in [0.29, 0.717) is 12.7 Å². The van der Waals surface area contributed by atoms with E-state index in [4.69, 9.17) is 0 Å². The summed E-state index contributed by atoms with van der Waals surface area (Å²) in [6.07, 6.45) is 1.62. The van der Waals surface area contributed by atoms with E-state index in [9.17, 15) is 9.59 Å². The van der Waals surface area contributed by atoms with E-state index >= 15 is 0 Å². The molecule has 60 valence electrons. The summed E-state index contributed by atoms with van der Waals surface area (Å²) in [6.45, 7) is 3.50. The zero-order valence-electron chi connectivity index (χ0n) is 5.95. The van der Waals surface area contributed by atoms with Crippen molar-refractivity contribution in [3.05, 3.63) is 12.7 Å². The first-order valence-electron chi connectivity index (χ1n) is 3.31. The summed E-state index contributed by atoms with van der Waals surface area (Å²) < 4.78 is 4.61. The molecule has 4 nitrogen and oxygen atoms in total. The molecule has 0 bridgehead atoms. The number of alkyl carbamates (subject to hydrolysis) is 1. The molecular formula is C7H9NO3. The lowest BCUT2D eigenvalue weighted by atomic mass is 10.1. The van der Waals surface area contributed by atoms with Crippen LogP contribution in [0.15, 0.2) is 12.7 Å². The van der Waals surface area contributed by atoms with Gasteiger partial charge >= 0.3 is 6.09 Å². The Kier molecular flexibility index (Phi) is 2.25. The summed E-state index contributed by atoms with van der Waals surface area (Å²) in [6, 6.07) is -0.238. The molecule has 0 aromatic heterocycles. The Morgan fingerprint density at radius 2 is 2.45 bits per heavy atom. The molecule has 1 aliphatic heterocycles. The summed E-state index contributed by atoms with van der Waals surface area (Å²) >= 11 is 0. The van der Waals surface area contributed by atoms with Gasteiger partial charge in [0.15, 0.2) is 12.4 Å². The molecule has 1 N–H and O–H groups in total. The molecule has 0 spiro atoms. The van der Waals surface area contributed by atoms with Crippen molar-refractivity contribution in [3.63, 3.8) is 0 Å². The van der Waals surface area contributed by atoms with Crippen LogP contribution in [0.1, 0.15) is 6.42 Å². The van der Waals surface area contributed by atoms with E-state index in [1.54, 1.807) is 6.08 Å². The van der Waals surface area contributed by atoms with Crippen LogP contribution >= 0.6 is 0 Å². The van der Waals surface area contributed by atoms with Crippen molar-refractivity contribution in [2.24, 2.45) is 0 Å². The monoisotopic (exact) mass is 155 g/mol. The van der Waals surface area contributed by atoms with Gasteiger partial charge in [-0.05, 0) is 6.42 Å². The van der Waals surface area contributed by atoms with Crippen molar-refractivity contribution in [2.45, 2.75) is 18.6 Å². The first-order valence-corrected chi connectivity index (χ1v) is 3.31. The van der Waals surface area contributed by atoms with Crippen LogP contribution in [0.4, 0.5) is 4.79 Å². The molecule has 4 heteroatoms. The van der Waals surface area contributed by atoms with Crippen LogP contribution in [0.5, 0.6) is 0 Å². The SMILES string of the molecule is C=CCC1NC(=O)OC1C=O. The molecule has 0 aromatic carbocycles. The highest BCUT2D eigenvalue weighted by Gasteiger charge is 2.32. The molecule has 1 saturated heterocycles. The average Bonchev–Trinajstić information content (AvgIpc) is 2.32. The van der Waals surface area contributed by atoms with Gasteiger partial charge in [0.05, 0.1) is 6.04 Å². The molecule has 2 atom stereocenters. The molecule has 1 amide bonds. The first kappa shape index (κ1) is 7.78. The number of aldehydes is 1. The molecular weight excluding hydrogens is 146 g/mol. The summed E-state index contributed by atoms with van der Waals surface area (Å²) in [5, 5.41) is 2.49. The Morgan fingerprint density at radius 1 is 1.73 bits per heavy atom. The summed E-state index contributed by atoms with van der Waals surface area (Å²) in [4.78, 5) is 20.9. The number of hydrogen-bond donors (Lipinski definition) is 1. The maximum Gasteiger partial charge on any atom is 0.408 e. The van der Waals surface area contributed by atoms with Crippen LogP contribution in [0.3, 0.4) is 0 Å². The molecule has 0 saturated carbocycles. The third-order valence-corrected chi connectivity index (χ3v) is 1.50. The fourth-order valence-electron chi connectivity index (χ4n) is 0.968. The number of carbonyl (C=O) groups excluding carboxylic acids is 2. The number of hydrogen-bond acceptors (Lipinski definition) is 3. The lowest BCUT2D eigenvalue weighted by Crippen LogP contribution is -2.31. The second kappa shape index (κ2) is 3.18. The predicted molar refractivity (Wildman–Crippen MR) is 38.1 cm³/mol. The van der Waals surface area contributed by atoms with E-state index in [1.165, 1.54) is 0 Å². The maximum absolute atomic E-state index is 10.6. The normalized spacial score (nSPS) is 28.9. The molecule has 0 radical (unpaired) electrons. The summed E-state index contributed by atoms with van der Waals surface area (Å²) in [5.41, 5.74) is 0. The molecule has 1 aliphatic rings. The van der Waals surface area contributed by atoms with Crippen molar-refractivity contribution in [3.8, 4) is 0 Å². The Hall–Kier alpha value is -1.32. The van der Waals surface area contributed by atoms with Crippen LogP contribution in [0, 0.1) is 0 Å². The smallest absolute Gasteiger partial charge is 0.408 e. The van der Waals surface area contributed by atoms with Gasteiger partial charge in [0, 0.05) is 0 Å². The van der Waals surface area contributed by atoms with Gasteiger partial charge in [0.2, 0.25) is 0 Å². The Labute approximate surface area is 64.2 Å². The summed E-state index contributed by atoms with van der Waals surface area (Å²) in [5.74, 6) is 0. The Morgan fingerprint density at radius 3 is 3.00 bits per heavy atom. The second-order valence-corrected chi connectivity index (χ2v) is 2.28. The van der Waals surface area contributed by atoms with Crippen molar-refractivity contribution >= 4 is 12.4 Å². The van der Waals surface area contributed by atoms with Gasteiger partial charge in [0.25, 0.3) is 0 Å². The molecule has 11 heavy (non-hydrogen) atoms. The third kappa shape index (κ3) is 1.58. The molecule has 1 fully saturated rings. The fraction of sp³-hybridized carbons (Fsp3) is 0.429. The number of ether oxygens (including phenoxy) is 1. The van der Waals surface area contributed by atoms with Gasteiger partial charge in [-0.25, -0.2) is 4.79 Å². The van der Waals surface area contributed by atoms with Crippen molar-refractivity contribution < 1.29 is 14.3 Å². The van der Waals surface area contributed by atoms with Gasteiger partial charge in [-0.2, -0.15) is 0 Å². The van der Waals surface area contributed by atoms with Crippen LogP contribution < -0.4 is 5.32 Å². The fourth-order valence-corrected chi connectivity index (χ4v) is 0.968.